The monoisotopic (exact) mass is 1180 g/mol. The predicted octanol–water partition coefficient (Wildman–Crippen LogP) is 31.0. The highest BCUT2D eigenvalue weighted by Crippen LogP contribution is 2.53. The largest absolute Gasteiger partial charge is 0.0630 e. The third-order valence-corrected chi connectivity index (χ3v) is 21.5. The molecule has 504 valence electrons. The summed E-state index contributed by atoms with van der Waals surface area (Å²) in [5, 5.41) is 0. The minimum Gasteiger partial charge on any atom is -0.0630 e. The van der Waals surface area contributed by atoms with Crippen LogP contribution in [0.4, 0.5) is 0 Å². The van der Waals surface area contributed by atoms with Crippen LogP contribution in [-0.2, 0) is 0 Å². The molecule has 0 unspecified atom stereocenters. The Morgan fingerprint density at radius 3 is 0.214 bits per heavy atom. The van der Waals surface area contributed by atoms with E-state index >= 15 is 0 Å². The summed E-state index contributed by atoms with van der Waals surface area (Å²) in [5.74, 6) is 5.00. The first-order valence-electron chi connectivity index (χ1n) is 39.9. The van der Waals surface area contributed by atoms with Gasteiger partial charge in [-0.1, -0.05) is 317 Å². The maximum Gasteiger partial charge on any atom is -0.0297 e. The first kappa shape index (κ1) is 82.0. The minimum atomic E-state index is 0.833. The summed E-state index contributed by atoms with van der Waals surface area (Å²) in [6, 6.07) is 0. The molecule has 0 aliphatic heterocycles. The number of hydrogen-bond acceptors (Lipinski definition) is 0. The van der Waals surface area contributed by atoms with Gasteiger partial charge in [0.25, 0.3) is 0 Å². The molecule has 6 spiro atoms. The second-order valence-electron chi connectivity index (χ2n) is 36.0. The Balaban J connectivity index is 0.000000469. The van der Waals surface area contributed by atoms with E-state index in [1.807, 2.05) is 0 Å². The maximum atomic E-state index is 2.17. The molecule has 0 radical (unpaired) electrons. The molecule has 12 aliphatic rings. The highest BCUT2D eigenvalue weighted by atomic mass is 14.4. The van der Waals surface area contributed by atoms with Crippen molar-refractivity contribution in [1.29, 1.82) is 0 Å². The molecule has 0 amide bonds. The Morgan fingerprint density at radius 2 is 0.155 bits per heavy atom. The molecule has 0 heteroatoms. The molecule has 0 N–H and O–H groups in total. The Kier molecular flexibility index (Phi) is 46.7. The van der Waals surface area contributed by atoms with Crippen LogP contribution >= 0.6 is 0 Å². The van der Waals surface area contributed by atoms with E-state index in [0.717, 1.165) is 68.0 Å². The third-order valence-electron chi connectivity index (χ3n) is 21.5. The van der Waals surface area contributed by atoms with Crippen molar-refractivity contribution in [3.05, 3.63) is 0 Å². The average Bonchev–Trinajstić information content (AvgIpc) is 4.49. The van der Waals surface area contributed by atoms with Crippen LogP contribution in [0.15, 0.2) is 0 Å². The quantitative estimate of drug-likeness (QED) is 0.227. The van der Waals surface area contributed by atoms with Crippen molar-refractivity contribution in [3.63, 3.8) is 0 Å². The number of hydrogen-bond donors (Lipinski definition) is 0. The standard InChI is InChI=1S/6C10H18.6C4H10/c6*1-2-6-10(7-3-1)8-4-5-9-10;6*1-4(2)3/h6*1-9H2;6*4H,1-3H3. The molecule has 12 rings (SSSR count). The fraction of sp³-hybridized carbons (Fsp3) is 1.00. The van der Waals surface area contributed by atoms with Crippen LogP contribution in [0.5, 0.6) is 0 Å². The van der Waals surface area contributed by atoms with Crippen molar-refractivity contribution >= 4 is 0 Å². The molecule has 12 fully saturated rings. The van der Waals surface area contributed by atoms with Gasteiger partial charge in [0.2, 0.25) is 0 Å². The Bertz CT molecular complexity index is 1060. The van der Waals surface area contributed by atoms with Gasteiger partial charge in [0.15, 0.2) is 0 Å². The average molecular weight is 1180 g/mol. The van der Waals surface area contributed by atoms with Crippen LogP contribution in [0.1, 0.15) is 471 Å². The highest BCUT2D eigenvalue weighted by Gasteiger charge is 2.38. The van der Waals surface area contributed by atoms with Crippen molar-refractivity contribution in [1.82, 2.24) is 0 Å². The van der Waals surface area contributed by atoms with E-state index in [2.05, 4.69) is 125 Å². The minimum absolute atomic E-state index is 0.833. The van der Waals surface area contributed by atoms with Gasteiger partial charge in [-0.3, -0.25) is 0 Å². The summed E-state index contributed by atoms with van der Waals surface area (Å²) >= 11 is 0. The molecule has 0 aromatic rings. The van der Waals surface area contributed by atoms with Gasteiger partial charge in [0.05, 0.1) is 0 Å². The molecule has 0 aromatic heterocycles. The molecule has 12 saturated carbocycles. The van der Waals surface area contributed by atoms with Crippen molar-refractivity contribution in [3.8, 4) is 0 Å². The van der Waals surface area contributed by atoms with E-state index in [0.29, 0.717) is 0 Å². The molecule has 0 saturated heterocycles. The van der Waals surface area contributed by atoms with Gasteiger partial charge in [0, 0.05) is 0 Å². The summed E-state index contributed by atoms with van der Waals surface area (Å²) in [5.41, 5.74) is 5.24. The predicted molar refractivity (Wildman–Crippen MR) is 387 cm³/mol. The molecule has 0 atom stereocenters. The zero-order valence-corrected chi connectivity index (χ0v) is 62.6. The third kappa shape index (κ3) is 41.4. The summed E-state index contributed by atoms with van der Waals surface area (Å²) in [6.07, 6.45) is 83.3. The van der Waals surface area contributed by atoms with Gasteiger partial charge in [-0.05, 0) is 222 Å². The summed E-state index contributed by atoms with van der Waals surface area (Å²) in [7, 11) is 0. The van der Waals surface area contributed by atoms with Gasteiger partial charge < -0.3 is 0 Å². The molecule has 0 heterocycles. The van der Waals surface area contributed by atoms with Crippen molar-refractivity contribution < 1.29 is 0 Å². The van der Waals surface area contributed by atoms with Crippen LogP contribution < -0.4 is 0 Å². The molecular weight excluding hydrogens is 1010 g/mol. The van der Waals surface area contributed by atoms with E-state index in [9.17, 15) is 0 Å². The molecule has 0 bridgehead atoms. The van der Waals surface area contributed by atoms with E-state index < -0.39 is 0 Å². The zero-order valence-electron chi connectivity index (χ0n) is 62.6. The van der Waals surface area contributed by atoms with Crippen LogP contribution in [-0.4, -0.2) is 0 Å². The second kappa shape index (κ2) is 47.8. The lowest BCUT2D eigenvalue weighted by Gasteiger charge is -2.32. The normalized spacial score (nSPS) is 24.9. The zero-order chi connectivity index (χ0) is 62.6. The molecule has 0 aromatic carbocycles. The first-order valence-corrected chi connectivity index (χ1v) is 39.9. The first-order chi connectivity index (χ1) is 39.9. The lowest BCUT2D eigenvalue weighted by molar-refractivity contribution is 0.197. The smallest absolute Gasteiger partial charge is 0.0297 e. The van der Waals surface area contributed by atoms with Gasteiger partial charge in [-0.15, -0.1) is 0 Å². The molecular formula is C84H168. The molecule has 84 heavy (non-hydrogen) atoms. The lowest BCUT2D eigenvalue weighted by Crippen LogP contribution is -2.19. The van der Waals surface area contributed by atoms with Crippen molar-refractivity contribution in [2.75, 3.05) is 0 Å². The van der Waals surface area contributed by atoms with Crippen LogP contribution in [0, 0.1) is 68.0 Å². The molecule has 0 nitrogen and oxygen atoms in total. The Morgan fingerprint density at radius 1 is 0.107 bits per heavy atom. The highest BCUT2D eigenvalue weighted by molar-refractivity contribution is 4.91. The maximum absolute atomic E-state index is 2.17. The van der Waals surface area contributed by atoms with E-state index in [1.54, 1.807) is 154 Å². The lowest BCUT2D eigenvalue weighted by atomic mass is 9.73. The summed E-state index contributed by atoms with van der Waals surface area (Å²) < 4.78 is 0. The topological polar surface area (TPSA) is 0 Å². The van der Waals surface area contributed by atoms with Crippen molar-refractivity contribution in [2.45, 2.75) is 471 Å². The van der Waals surface area contributed by atoms with Gasteiger partial charge in [-0.2, -0.15) is 0 Å². The molecule has 12 aliphatic carbocycles. The summed E-state index contributed by atoms with van der Waals surface area (Å²) in [4.78, 5) is 0. The summed E-state index contributed by atoms with van der Waals surface area (Å²) in [6.45, 7) is 39.0. The van der Waals surface area contributed by atoms with E-state index in [1.165, 1.54) is 193 Å². The van der Waals surface area contributed by atoms with E-state index in [-0.39, 0.29) is 0 Å². The van der Waals surface area contributed by atoms with Gasteiger partial charge in [-0.25, -0.2) is 0 Å². The fourth-order valence-corrected chi connectivity index (χ4v) is 17.6. The fourth-order valence-electron chi connectivity index (χ4n) is 17.6. The van der Waals surface area contributed by atoms with Crippen LogP contribution in [0.25, 0.3) is 0 Å². The SMILES string of the molecule is C1CCC2(CC1)CCCC2.C1CCC2(CC1)CCCC2.C1CCC2(CC1)CCCC2.C1CCC2(CC1)CCCC2.C1CCC2(CC1)CCCC2.C1CCC2(CC1)CCCC2.CC(C)C.CC(C)C.CC(C)C.CC(C)C.CC(C)C.CC(C)C. The Labute approximate surface area is 536 Å². The van der Waals surface area contributed by atoms with Gasteiger partial charge in [0.1, 0.15) is 0 Å². The van der Waals surface area contributed by atoms with Crippen LogP contribution in [0.2, 0.25) is 0 Å². The Hall–Kier alpha value is 0. The van der Waals surface area contributed by atoms with Gasteiger partial charge >= 0.3 is 0 Å². The van der Waals surface area contributed by atoms with Crippen LogP contribution in [0.3, 0.4) is 0 Å². The van der Waals surface area contributed by atoms with Crippen molar-refractivity contribution in [2.24, 2.45) is 68.0 Å². The van der Waals surface area contributed by atoms with E-state index in [4.69, 9.17) is 0 Å². The second-order valence-corrected chi connectivity index (χ2v) is 36.0. The number of rotatable bonds is 0.